The van der Waals surface area contributed by atoms with Crippen molar-refractivity contribution >= 4 is 23.3 Å². The summed E-state index contributed by atoms with van der Waals surface area (Å²) in [4.78, 5) is 36.9. The zero-order valence-electron chi connectivity index (χ0n) is 15.6. The second kappa shape index (κ2) is 9.26. The molecule has 0 aliphatic carbocycles. The van der Waals surface area contributed by atoms with E-state index in [1.807, 2.05) is 0 Å². The molecule has 1 amide bonds. The van der Waals surface area contributed by atoms with Crippen LogP contribution in [-0.4, -0.2) is 24.3 Å². The van der Waals surface area contributed by atoms with Gasteiger partial charge in [-0.2, -0.15) is 5.26 Å². The number of nitriles is 1. The van der Waals surface area contributed by atoms with Crippen molar-refractivity contribution in [1.29, 1.82) is 5.26 Å². The van der Waals surface area contributed by atoms with E-state index in [4.69, 9.17) is 10.00 Å². The number of esters is 1. The Morgan fingerprint density at radius 1 is 0.933 bits per heavy atom. The highest BCUT2D eigenvalue weighted by Gasteiger charge is 2.18. The lowest BCUT2D eigenvalue weighted by atomic mass is 10.0. The molecule has 3 rings (SSSR count). The third kappa shape index (κ3) is 4.75. The summed E-state index contributed by atoms with van der Waals surface area (Å²) in [6.45, 7) is -0.674. The standard InChI is InChI=1S/C23H15FN2O4/c24-19-12-15(13-25)10-11-17(19)23(29)30-14-21(27)26-20-9-5-4-8-18(20)22(28)16-6-2-1-3-7-16/h1-12H,14H2,(H,26,27). The van der Waals surface area contributed by atoms with E-state index in [0.717, 1.165) is 12.1 Å². The highest BCUT2D eigenvalue weighted by atomic mass is 19.1. The van der Waals surface area contributed by atoms with Crippen LogP contribution in [0.15, 0.2) is 72.8 Å². The molecule has 0 fully saturated rings. The number of carbonyl (C=O) groups is 3. The molecule has 0 saturated carbocycles. The average Bonchev–Trinajstić information content (AvgIpc) is 2.78. The Labute approximate surface area is 171 Å². The SMILES string of the molecule is N#Cc1ccc(C(=O)OCC(=O)Nc2ccccc2C(=O)c2ccccc2)c(F)c1. The lowest BCUT2D eigenvalue weighted by Crippen LogP contribution is -2.22. The minimum Gasteiger partial charge on any atom is -0.452 e. The summed E-state index contributed by atoms with van der Waals surface area (Å²) in [5.41, 5.74) is 0.670. The van der Waals surface area contributed by atoms with Crippen LogP contribution in [0.3, 0.4) is 0 Å². The maximum atomic E-state index is 13.9. The summed E-state index contributed by atoms with van der Waals surface area (Å²) in [7, 11) is 0. The Hall–Kier alpha value is -4.31. The van der Waals surface area contributed by atoms with E-state index in [0.29, 0.717) is 5.56 Å². The summed E-state index contributed by atoms with van der Waals surface area (Å²) in [6.07, 6.45) is 0. The number of nitrogens with one attached hydrogen (secondary N) is 1. The number of benzene rings is 3. The monoisotopic (exact) mass is 402 g/mol. The van der Waals surface area contributed by atoms with Crippen molar-refractivity contribution in [3.8, 4) is 6.07 Å². The predicted octanol–water partition coefficient (Wildman–Crippen LogP) is 3.72. The van der Waals surface area contributed by atoms with Gasteiger partial charge in [0, 0.05) is 11.1 Å². The first-order valence-electron chi connectivity index (χ1n) is 8.85. The number of carbonyl (C=O) groups excluding carboxylic acids is 3. The maximum Gasteiger partial charge on any atom is 0.341 e. The van der Waals surface area contributed by atoms with Gasteiger partial charge in [-0.25, -0.2) is 9.18 Å². The molecule has 0 aliphatic rings. The molecule has 3 aromatic carbocycles. The molecule has 0 aliphatic heterocycles. The number of halogens is 1. The van der Waals surface area contributed by atoms with Crippen LogP contribution in [0.25, 0.3) is 0 Å². The molecule has 3 aromatic rings. The van der Waals surface area contributed by atoms with Crippen LogP contribution >= 0.6 is 0 Å². The molecule has 148 valence electrons. The normalized spacial score (nSPS) is 10.0. The van der Waals surface area contributed by atoms with Crippen LogP contribution in [0.4, 0.5) is 10.1 Å². The number of rotatable bonds is 6. The molecule has 0 radical (unpaired) electrons. The van der Waals surface area contributed by atoms with Crippen LogP contribution in [0, 0.1) is 17.1 Å². The minimum atomic E-state index is -1.04. The molecule has 30 heavy (non-hydrogen) atoms. The summed E-state index contributed by atoms with van der Waals surface area (Å²) >= 11 is 0. The lowest BCUT2D eigenvalue weighted by Gasteiger charge is -2.11. The number of ether oxygens (including phenoxy) is 1. The van der Waals surface area contributed by atoms with Crippen molar-refractivity contribution in [1.82, 2.24) is 0 Å². The molecule has 0 heterocycles. The van der Waals surface area contributed by atoms with Crippen molar-refractivity contribution in [3.63, 3.8) is 0 Å². The van der Waals surface area contributed by atoms with E-state index < -0.39 is 24.3 Å². The van der Waals surface area contributed by atoms with Crippen LogP contribution in [-0.2, 0) is 9.53 Å². The Bertz CT molecular complexity index is 1150. The molecule has 7 heteroatoms. The van der Waals surface area contributed by atoms with Gasteiger partial charge in [0.2, 0.25) is 0 Å². The van der Waals surface area contributed by atoms with Gasteiger partial charge in [-0.1, -0.05) is 42.5 Å². The van der Waals surface area contributed by atoms with Gasteiger partial charge >= 0.3 is 5.97 Å². The van der Waals surface area contributed by atoms with E-state index >= 15 is 0 Å². The smallest absolute Gasteiger partial charge is 0.341 e. The summed E-state index contributed by atoms with van der Waals surface area (Å²) in [6, 6.07) is 20.1. The molecule has 0 atom stereocenters. The fourth-order valence-corrected chi connectivity index (χ4v) is 2.68. The van der Waals surface area contributed by atoms with E-state index in [2.05, 4.69) is 5.32 Å². The van der Waals surface area contributed by atoms with Crippen LogP contribution < -0.4 is 5.32 Å². The summed E-state index contributed by atoms with van der Waals surface area (Å²) in [5, 5.41) is 11.3. The number of para-hydroxylation sites is 1. The van der Waals surface area contributed by atoms with Crippen LogP contribution in [0.2, 0.25) is 0 Å². The fraction of sp³-hybridized carbons (Fsp3) is 0.0435. The number of anilines is 1. The highest BCUT2D eigenvalue weighted by molar-refractivity contribution is 6.14. The van der Waals surface area contributed by atoms with Crippen molar-refractivity contribution < 1.29 is 23.5 Å². The zero-order chi connectivity index (χ0) is 21.5. The van der Waals surface area contributed by atoms with Gasteiger partial charge in [0.15, 0.2) is 12.4 Å². The Balaban J connectivity index is 1.67. The molecular formula is C23H15FN2O4. The van der Waals surface area contributed by atoms with Gasteiger partial charge in [0.25, 0.3) is 5.91 Å². The molecule has 0 spiro atoms. The molecular weight excluding hydrogens is 387 g/mol. The topological polar surface area (TPSA) is 96.3 Å². The van der Waals surface area contributed by atoms with Gasteiger partial charge in [-0.3, -0.25) is 9.59 Å². The Kier molecular flexibility index (Phi) is 6.30. The number of hydrogen-bond acceptors (Lipinski definition) is 5. The third-order valence-corrected chi connectivity index (χ3v) is 4.13. The number of nitrogens with zero attached hydrogens (tertiary/aromatic N) is 1. The van der Waals surface area contributed by atoms with Crippen LogP contribution in [0.5, 0.6) is 0 Å². The van der Waals surface area contributed by atoms with Crippen LogP contribution in [0.1, 0.15) is 31.8 Å². The largest absolute Gasteiger partial charge is 0.452 e. The van der Waals surface area contributed by atoms with E-state index in [9.17, 15) is 18.8 Å². The number of ketones is 1. The van der Waals surface area contributed by atoms with E-state index in [1.54, 1.807) is 60.7 Å². The Morgan fingerprint density at radius 3 is 2.33 bits per heavy atom. The Morgan fingerprint density at radius 2 is 1.63 bits per heavy atom. The number of hydrogen-bond donors (Lipinski definition) is 1. The predicted molar refractivity (Wildman–Crippen MR) is 106 cm³/mol. The van der Waals surface area contributed by atoms with Crippen molar-refractivity contribution in [3.05, 3.63) is 101 Å². The quantitative estimate of drug-likeness (QED) is 0.501. The van der Waals surface area contributed by atoms with Gasteiger partial charge in [-0.05, 0) is 30.3 Å². The average molecular weight is 402 g/mol. The first-order valence-corrected chi connectivity index (χ1v) is 8.85. The summed E-state index contributed by atoms with van der Waals surface area (Å²) in [5.74, 6) is -2.92. The molecule has 0 saturated heterocycles. The summed E-state index contributed by atoms with van der Waals surface area (Å²) < 4.78 is 18.7. The van der Waals surface area contributed by atoms with E-state index in [-0.39, 0.29) is 28.2 Å². The van der Waals surface area contributed by atoms with Gasteiger partial charge < -0.3 is 10.1 Å². The first kappa shape index (κ1) is 20.4. The second-order valence-electron chi connectivity index (χ2n) is 6.17. The fourth-order valence-electron chi connectivity index (χ4n) is 2.68. The van der Waals surface area contributed by atoms with Gasteiger partial charge in [0.05, 0.1) is 22.9 Å². The first-order chi connectivity index (χ1) is 14.5. The van der Waals surface area contributed by atoms with E-state index in [1.165, 1.54) is 6.07 Å². The molecule has 0 bridgehead atoms. The number of amides is 1. The van der Waals surface area contributed by atoms with Gasteiger partial charge in [-0.15, -0.1) is 0 Å². The molecule has 6 nitrogen and oxygen atoms in total. The lowest BCUT2D eigenvalue weighted by molar-refractivity contribution is -0.119. The van der Waals surface area contributed by atoms with Gasteiger partial charge in [0.1, 0.15) is 5.82 Å². The molecule has 1 N–H and O–H groups in total. The van der Waals surface area contributed by atoms with Crippen molar-refractivity contribution in [2.24, 2.45) is 0 Å². The van der Waals surface area contributed by atoms with Crippen molar-refractivity contribution in [2.75, 3.05) is 11.9 Å². The van der Waals surface area contributed by atoms with Crippen molar-refractivity contribution in [2.45, 2.75) is 0 Å². The third-order valence-electron chi connectivity index (χ3n) is 4.13. The zero-order valence-corrected chi connectivity index (χ0v) is 15.6. The minimum absolute atomic E-state index is 0.0569. The highest BCUT2D eigenvalue weighted by Crippen LogP contribution is 2.19. The second-order valence-corrected chi connectivity index (χ2v) is 6.17. The molecule has 0 aromatic heterocycles. The molecule has 0 unspecified atom stereocenters. The maximum absolute atomic E-state index is 13.9.